The summed E-state index contributed by atoms with van der Waals surface area (Å²) >= 11 is 5.93. The van der Waals surface area contributed by atoms with Gasteiger partial charge in [0.2, 0.25) is 0 Å². The largest absolute Gasteiger partial charge is 0.362 e. The van der Waals surface area contributed by atoms with Gasteiger partial charge < -0.3 is 15.1 Å². The third-order valence-corrected chi connectivity index (χ3v) is 9.21. The van der Waals surface area contributed by atoms with Crippen LogP contribution in [-0.2, 0) is 0 Å². The van der Waals surface area contributed by atoms with Crippen molar-refractivity contribution < 1.29 is 14.5 Å². The topological polar surface area (TPSA) is 95.8 Å². The first-order valence-electron chi connectivity index (χ1n) is 13.2. The Kier molecular flexibility index (Phi) is 6.31. The van der Waals surface area contributed by atoms with Crippen molar-refractivity contribution in [1.29, 1.82) is 0 Å². The summed E-state index contributed by atoms with van der Waals surface area (Å²) in [4.78, 5) is 41.2. The molecule has 8 nitrogen and oxygen atoms in total. The summed E-state index contributed by atoms with van der Waals surface area (Å²) in [7, 11) is 0. The van der Waals surface area contributed by atoms with Crippen molar-refractivity contribution in [3.8, 4) is 0 Å². The number of hydrogen-bond donors (Lipinski definition) is 1. The molecule has 0 aromatic heterocycles. The second kappa shape index (κ2) is 9.63. The van der Waals surface area contributed by atoms with Gasteiger partial charge in [-0.1, -0.05) is 11.6 Å². The van der Waals surface area contributed by atoms with E-state index in [1.165, 1.54) is 38.2 Å². The fourth-order valence-corrected chi connectivity index (χ4v) is 7.53. The van der Waals surface area contributed by atoms with Gasteiger partial charge in [0, 0.05) is 54.4 Å². The van der Waals surface area contributed by atoms with Gasteiger partial charge in [0.25, 0.3) is 17.5 Å². The molecule has 1 N–H and O–H groups in total. The molecule has 9 heteroatoms. The Hall–Kier alpha value is -3.13. The van der Waals surface area contributed by atoms with E-state index in [0.29, 0.717) is 59.9 Å². The highest BCUT2D eigenvalue weighted by Gasteiger charge is 2.48. The molecule has 2 aromatic carbocycles. The molecule has 0 atom stereocenters. The van der Waals surface area contributed by atoms with E-state index in [9.17, 15) is 19.7 Å². The van der Waals surface area contributed by atoms with E-state index in [4.69, 9.17) is 11.6 Å². The fraction of sp³-hybridized carbons (Fsp3) is 0.500. The number of rotatable bonds is 5. The molecule has 2 aromatic rings. The maximum Gasteiger partial charge on any atom is 0.293 e. The number of anilines is 1. The van der Waals surface area contributed by atoms with Crippen molar-refractivity contribution >= 4 is 34.8 Å². The summed E-state index contributed by atoms with van der Waals surface area (Å²) in [6.07, 6.45) is 6.14. The lowest BCUT2D eigenvalue weighted by Crippen LogP contribution is -2.55. The highest BCUT2D eigenvalue weighted by molar-refractivity contribution is 6.30. The van der Waals surface area contributed by atoms with E-state index in [-0.39, 0.29) is 23.5 Å². The highest BCUT2D eigenvalue weighted by atomic mass is 35.5. The van der Waals surface area contributed by atoms with E-state index in [1.807, 2.05) is 4.90 Å². The minimum Gasteiger partial charge on any atom is -0.362 e. The van der Waals surface area contributed by atoms with Crippen LogP contribution < -0.4 is 10.2 Å². The number of piperazine rings is 1. The predicted octanol–water partition coefficient (Wildman–Crippen LogP) is 4.77. The monoisotopic (exact) mass is 522 g/mol. The Morgan fingerprint density at radius 2 is 1.46 bits per heavy atom. The lowest BCUT2D eigenvalue weighted by molar-refractivity contribution is -0.384. The molecular formula is C28H31ClN4O4. The first kappa shape index (κ1) is 24.2. The van der Waals surface area contributed by atoms with E-state index < -0.39 is 4.92 Å². The molecule has 5 fully saturated rings. The Morgan fingerprint density at radius 1 is 0.865 bits per heavy atom. The maximum atomic E-state index is 13.2. The van der Waals surface area contributed by atoms with Crippen LogP contribution in [0.3, 0.4) is 0 Å². The predicted molar refractivity (Wildman–Crippen MR) is 141 cm³/mol. The second-order valence-electron chi connectivity index (χ2n) is 11.2. The molecule has 2 amide bonds. The van der Waals surface area contributed by atoms with Crippen molar-refractivity contribution in [3.05, 3.63) is 68.7 Å². The average Bonchev–Trinajstić information content (AvgIpc) is 2.90. The van der Waals surface area contributed by atoms with Crippen molar-refractivity contribution in [1.82, 2.24) is 10.2 Å². The van der Waals surface area contributed by atoms with Crippen LogP contribution in [0, 0.1) is 33.8 Å². The molecule has 5 aliphatic rings. The SMILES string of the molecule is O=C(NC1C2CC3CC(C2)CC1C3)c1ccc(N2CCN(C(=O)c3ccc(Cl)cc3)CC2)c([N+](=O)[O-])c1. The standard InChI is InChI=1S/C28H31ClN4O4/c29-23-4-1-19(2-5-23)28(35)32-9-7-31(8-10-32)24-6-3-20(16-25(24)33(36)37)27(34)30-26-21-12-17-11-18(14-21)15-22(26)13-17/h1-6,16-18,21-22,26H,7-15H2,(H,30,34). The van der Waals surface area contributed by atoms with Crippen LogP contribution in [0.15, 0.2) is 42.5 Å². The quantitative estimate of drug-likeness (QED) is 0.451. The fourth-order valence-electron chi connectivity index (χ4n) is 7.40. The molecule has 4 saturated carbocycles. The highest BCUT2D eigenvalue weighted by Crippen LogP contribution is 2.53. The van der Waals surface area contributed by atoms with Crippen LogP contribution >= 0.6 is 11.6 Å². The van der Waals surface area contributed by atoms with Crippen molar-refractivity contribution in [2.45, 2.75) is 38.1 Å². The number of halogens is 1. The molecule has 0 radical (unpaired) electrons. The summed E-state index contributed by atoms with van der Waals surface area (Å²) in [6.45, 7) is 1.85. The van der Waals surface area contributed by atoms with Crippen LogP contribution in [-0.4, -0.2) is 53.9 Å². The average molecular weight is 523 g/mol. The first-order valence-corrected chi connectivity index (χ1v) is 13.6. The number of carbonyl (C=O) groups is 2. The number of nitrogens with zero attached hydrogens (tertiary/aromatic N) is 3. The molecule has 1 saturated heterocycles. The smallest absolute Gasteiger partial charge is 0.293 e. The van der Waals surface area contributed by atoms with Crippen molar-refractivity contribution in [2.75, 3.05) is 31.1 Å². The third-order valence-electron chi connectivity index (χ3n) is 8.96. The molecule has 7 rings (SSSR count). The Labute approximate surface area is 221 Å². The number of benzene rings is 2. The molecule has 4 aliphatic carbocycles. The molecule has 1 aliphatic heterocycles. The zero-order chi connectivity index (χ0) is 25.7. The summed E-state index contributed by atoms with van der Waals surface area (Å²) in [6, 6.07) is 11.8. The zero-order valence-corrected chi connectivity index (χ0v) is 21.4. The lowest BCUT2D eigenvalue weighted by Gasteiger charge is -2.54. The summed E-state index contributed by atoms with van der Waals surface area (Å²) in [5, 5.41) is 15.8. The van der Waals surface area contributed by atoms with Gasteiger partial charge in [-0.15, -0.1) is 0 Å². The minimum atomic E-state index is -0.416. The number of hydrogen-bond acceptors (Lipinski definition) is 5. The summed E-state index contributed by atoms with van der Waals surface area (Å²) < 4.78 is 0. The van der Waals surface area contributed by atoms with Gasteiger partial charge in [0.1, 0.15) is 5.69 Å². The molecule has 37 heavy (non-hydrogen) atoms. The number of amides is 2. The van der Waals surface area contributed by atoms with Gasteiger partial charge in [0.05, 0.1) is 4.92 Å². The number of nitrogens with one attached hydrogen (secondary N) is 1. The van der Waals surface area contributed by atoms with Gasteiger partial charge >= 0.3 is 0 Å². The van der Waals surface area contributed by atoms with Gasteiger partial charge in [-0.2, -0.15) is 0 Å². The third kappa shape index (κ3) is 4.67. The van der Waals surface area contributed by atoms with E-state index >= 15 is 0 Å². The van der Waals surface area contributed by atoms with Crippen LogP contribution in [0.4, 0.5) is 11.4 Å². The van der Waals surface area contributed by atoms with Crippen LogP contribution in [0.2, 0.25) is 5.02 Å². The maximum absolute atomic E-state index is 13.2. The summed E-state index contributed by atoms with van der Waals surface area (Å²) in [5.74, 6) is 2.42. The molecule has 0 spiro atoms. The number of nitro benzene ring substituents is 1. The van der Waals surface area contributed by atoms with Crippen LogP contribution in [0.5, 0.6) is 0 Å². The van der Waals surface area contributed by atoms with Crippen molar-refractivity contribution in [3.63, 3.8) is 0 Å². The molecule has 194 valence electrons. The normalized spacial score (nSPS) is 28.3. The summed E-state index contributed by atoms with van der Waals surface area (Å²) in [5.41, 5.74) is 1.31. The molecule has 0 unspecified atom stereocenters. The van der Waals surface area contributed by atoms with Crippen LogP contribution in [0.1, 0.15) is 52.8 Å². The molecule has 4 bridgehead atoms. The number of nitro groups is 1. The Bertz CT molecular complexity index is 1200. The Balaban J connectivity index is 1.13. The van der Waals surface area contributed by atoms with Gasteiger partial charge in [-0.25, -0.2) is 0 Å². The second-order valence-corrected chi connectivity index (χ2v) is 11.6. The first-order chi connectivity index (χ1) is 17.9. The molecule has 1 heterocycles. The minimum absolute atomic E-state index is 0.0739. The van der Waals surface area contributed by atoms with E-state index in [2.05, 4.69) is 5.32 Å². The van der Waals surface area contributed by atoms with E-state index in [1.54, 1.807) is 41.3 Å². The van der Waals surface area contributed by atoms with Crippen molar-refractivity contribution in [2.24, 2.45) is 23.7 Å². The van der Waals surface area contributed by atoms with Crippen LogP contribution in [0.25, 0.3) is 0 Å². The Morgan fingerprint density at radius 3 is 2.05 bits per heavy atom. The van der Waals surface area contributed by atoms with Gasteiger partial charge in [-0.3, -0.25) is 19.7 Å². The zero-order valence-electron chi connectivity index (χ0n) is 20.6. The van der Waals surface area contributed by atoms with Gasteiger partial charge in [-0.05, 0) is 92.2 Å². The van der Waals surface area contributed by atoms with E-state index in [0.717, 1.165) is 11.8 Å². The molecular weight excluding hydrogens is 492 g/mol. The number of carbonyl (C=O) groups excluding carboxylic acids is 2. The van der Waals surface area contributed by atoms with Gasteiger partial charge in [0.15, 0.2) is 0 Å². The lowest BCUT2D eigenvalue weighted by atomic mass is 9.54.